The van der Waals surface area contributed by atoms with Gasteiger partial charge in [-0.15, -0.1) is 74.9 Å². The van der Waals surface area contributed by atoms with Crippen LogP contribution in [0.1, 0.15) is 18.1 Å². The molecule has 0 heterocycles. The summed E-state index contributed by atoms with van der Waals surface area (Å²) in [6.45, 7) is 9.76. The fourth-order valence-electron chi connectivity index (χ4n) is 4.48. The Morgan fingerprint density at radius 1 is 0.718 bits per heavy atom. The van der Waals surface area contributed by atoms with Crippen LogP contribution >= 0.6 is 8.58 Å². The molecule has 0 N–H and O–H groups in total. The zero-order chi connectivity index (χ0) is 26.7. The van der Waals surface area contributed by atoms with Crippen molar-refractivity contribution >= 4 is 40.7 Å². The number of hydrogen-bond acceptors (Lipinski definition) is 0. The third kappa shape index (κ3) is 8.35. The van der Waals surface area contributed by atoms with Crippen molar-refractivity contribution in [1.82, 2.24) is 0 Å². The molecule has 0 fully saturated rings. The Bertz CT molecular complexity index is 1600. The Balaban J connectivity index is 0.000000181. The molecule has 0 aliphatic heterocycles. The largest absolute Gasteiger partial charge is 2.00 e. The third-order valence-corrected chi connectivity index (χ3v) is 7.76. The number of hydrogen-bond donors (Lipinski definition) is 0. The van der Waals surface area contributed by atoms with E-state index in [4.69, 9.17) is 0 Å². The van der Waals surface area contributed by atoms with Crippen LogP contribution in [0.25, 0.3) is 32.7 Å². The minimum Gasteiger partial charge on any atom is -0.165 e. The van der Waals surface area contributed by atoms with Crippen molar-refractivity contribution in [1.29, 1.82) is 0 Å². The Labute approximate surface area is 250 Å². The van der Waals surface area contributed by atoms with Crippen LogP contribution in [0, 0.1) is 13.8 Å². The molecule has 1 unspecified atom stereocenters. The second-order valence-corrected chi connectivity index (χ2v) is 10.6. The molecule has 0 saturated heterocycles. The molecule has 0 saturated carbocycles. The van der Waals surface area contributed by atoms with Gasteiger partial charge in [0.05, 0.1) is 0 Å². The Hall–Kier alpha value is -3.28. The van der Waals surface area contributed by atoms with Gasteiger partial charge in [0.2, 0.25) is 0 Å². The van der Waals surface area contributed by atoms with Gasteiger partial charge in [0.25, 0.3) is 0 Å². The van der Waals surface area contributed by atoms with Gasteiger partial charge in [-0.05, 0) is 30.3 Å². The van der Waals surface area contributed by atoms with Gasteiger partial charge in [-0.2, -0.15) is 12.1 Å². The minimum absolute atomic E-state index is 0. The first-order chi connectivity index (χ1) is 18.6. The molecule has 0 bridgehead atoms. The van der Waals surface area contributed by atoms with Crippen LogP contribution in [0.15, 0.2) is 146 Å². The van der Waals surface area contributed by atoms with E-state index in [9.17, 15) is 0 Å². The third-order valence-electron chi connectivity index (χ3n) is 6.35. The summed E-state index contributed by atoms with van der Waals surface area (Å²) in [7, 11) is 0.759. The van der Waals surface area contributed by atoms with E-state index in [2.05, 4.69) is 142 Å². The van der Waals surface area contributed by atoms with E-state index in [1.807, 2.05) is 19.1 Å². The zero-order valence-corrected chi connectivity index (χ0v) is 25.5. The maximum atomic E-state index is 3.46. The smallest absolute Gasteiger partial charge is 0.165 e. The Kier molecular flexibility index (Phi) is 11.9. The Morgan fingerprint density at radius 3 is 2.10 bits per heavy atom. The maximum Gasteiger partial charge on any atom is 2.00 e. The monoisotopic (exact) mass is 558 g/mol. The number of benzene rings is 4. The van der Waals surface area contributed by atoms with Gasteiger partial charge >= 0.3 is 21.7 Å². The van der Waals surface area contributed by atoms with Crippen molar-refractivity contribution in [2.75, 3.05) is 0 Å². The van der Waals surface area contributed by atoms with Crippen molar-refractivity contribution < 1.29 is 21.7 Å². The minimum atomic E-state index is 0. The molecule has 1 atom stereocenters. The van der Waals surface area contributed by atoms with E-state index in [1.54, 1.807) is 6.08 Å². The van der Waals surface area contributed by atoms with Crippen molar-refractivity contribution in [2.45, 2.75) is 20.8 Å². The van der Waals surface area contributed by atoms with Crippen molar-refractivity contribution in [3.63, 3.8) is 0 Å². The van der Waals surface area contributed by atoms with Gasteiger partial charge in [-0.1, -0.05) is 113 Å². The fourth-order valence-corrected chi connectivity index (χ4v) is 5.71. The van der Waals surface area contributed by atoms with Crippen LogP contribution in [0.4, 0.5) is 0 Å². The van der Waals surface area contributed by atoms with E-state index in [1.165, 1.54) is 54.4 Å². The maximum absolute atomic E-state index is 3.46. The summed E-state index contributed by atoms with van der Waals surface area (Å²) in [5, 5.41) is 8.26. The standard InChI is InChI=1S/C16H14P.C16H13.C5H8.Ti/c1-12-6-2-5-9-16(12)17-15-10-13-7-3-4-8-14(13)11-15;1-12-10-14-8-5-9-15(16(14)11-12)13-6-3-2-4-7-13;1-3-5-4-2;/h2-11,17H,1H3;2-11H,1H3;3-5H,1H2,2H3;/q2*-1;;+2. The summed E-state index contributed by atoms with van der Waals surface area (Å²) in [4.78, 5) is 0. The van der Waals surface area contributed by atoms with Crippen molar-refractivity contribution in [2.24, 2.45) is 0 Å². The van der Waals surface area contributed by atoms with Gasteiger partial charge in [0.15, 0.2) is 0 Å². The summed E-state index contributed by atoms with van der Waals surface area (Å²) in [6.07, 6.45) is 5.58. The number of fused-ring (bicyclic) bond motifs is 2. The van der Waals surface area contributed by atoms with E-state index in [0.29, 0.717) is 0 Å². The van der Waals surface area contributed by atoms with Crippen LogP contribution in [-0.2, 0) is 21.7 Å². The molecule has 192 valence electrons. The van der Waals surface area contributed by atoms with Crippen LogP contribution < -0.4 is 10.6 Å². The summed E-state index contributed by atoms with van der Waals surface area (Å²) in [5.41, 5.74) is 5.33. The molecule has 0 aliphatic carbocycles. The molecular weight excluding hydrogens is 523 g/mol. The molecular formula is C37H35PTi. The first kappa shape index (κ1) is 30.3. The molecule has 2 heteroatoms. The molecule has 0 nitrogen and oxygen atoms in total. The van der Waals surface area contributed by atoms with E-state index >= 15 is 0 Å². The molecule has 39 heavy (non-hydrogen) atoms. The first-order valence-electron chi connectivity index (χ1n) is 13.0. The fraction of sp³-hybridized carbons (Fsp3) is 0.0811. The molecule has 6 aromatic carbocycles. The van der Waals surface area contributed by atoms with Gasteiger partial charge < -0.3 is 0 Å². The second-order valence-electron chi connectivity index (χ2n) is 9.28. The first-order valence-corrected chi connectivity index (χ1v) is 14.0. The van der Waals surface area contributed by atoms with Gasteiger partial charge in [0.1, 0.15) is 0 Å². The quantitative estimate of drug-likeness (QED) is 0.0875. The molecule has 0 aliphatic rings. The number of aryl methyl sites for hydroxylation is 2. The number of rotatable bonds is 4. The van der Waals surface area contributed by atoms with Crippen LogP contribution in [-0.4, -0.2) is 0 Å². The van der Waals surface area contributed by atoms with Crippen molar-refractivity contribution in [3.8, 4) is 11.1 Å². The summed E-state index contributed by atoms with van der Waals surface area (Å²) in [6, 6.07) is 43.4. The average molecular weight is 559 g/mol. The number of allylic oxidation sites excluding steroid dienone is 3. The van der Waals surface area contributed by atoms with Crippen LogP contribution in [0.2, 0.25) is 0 Å². The van der Waals surface area contributed by atoms with Crippen molar-refractivity contribution in [3.05, 3.63) is 157 Å². The SMILES string of the molecule is C=CC=CC.Cc1cc2c(-c3ccccc3)cccc2[cH-]1.Cc1ccccc1Pc1cc2ccccc2[cH-]1.[Ti+2]. The summed E-state index contributed by atoms with van der Waals surface area (Å²) in [5.74, 6) is 0. The van der Waals surface area contributed by atoms with Gasteiger partial charge in [-0.25, -0.2) is 0 Å². The normalized spacial score (nSPS) is 10.6. The predicted molar refractivity (Wildman–Crippen MR) is 173 cm³/mol. The average Bonchev–Trinajstić information content (AvgIpc) is 3.53. The van der Waals surface area contributed by atoms with Gasteiger partial charge in [0, 0.05) is 0 Å². The summed E-state index contributed by atoms with van der Waals surface area (Å²) >= 11 is 0. The predicted octanol–water partition coefficient (Wildman–Crippen LogP) is 9.78. The topological polar surface area (TPSA) is 0 Å². The molecule has 6 aromatic rings. The van der Waals surface area contributed by atoms with E-state index < -0.39 is 0 Å². The Morgan fingerprint density at radius 2 is 1.41 bits per heavy atom. The zero-order valence-electron chi connectivity index (χ0n) is 23.0. The molecule has 0 aromatic heterocycles. The molecule has 0 radical (unpaired) electrons. The van der Waals surface area contributed by atoms with Crippen LogP contribution in [0.5, 0.6) is 0 Å². The van der Waals surface area contributed by atoms with E-state index in [0.717, 1.165) is 8.58 Å². The summed E-state index contributed by atoms with van der Waals surface area (Å²) < 4.78 is 0. The second kappa shape index (κ2) is 15.3. The molecule has 0 amide bonds. The molecule has 0 spiro atoms. The molecule has 6 rings (SSSR count). The van der Waals surface area contributed by atoms with Gasteiger partial charge in [-0.3, -0.25) is 0 Å². The van der Waals surface area contributed by atoms with Crippen LogP contribution in [0.3, 0.4) is 0 Å². The van der Waals surface area contributed by atoms with E-state index in [-0.39, 0.29) is 21.7 Å².